The molecule has 1 aliphatic rings. The van der Waals surface area contributed by atoms with Crippen LogP contribution in [0.1, 0.15) is 26.3 Å². The smallest absolute Gasteiger partial charge is 0.417 e. The van der Waals surface area contributed by atoms with Crippen LogP contribution in [-0.4, -0.2) is 47.5 Å². The molecule has 0 saturated heterocycles. The second kappa shape index (κ2) is 10.7. The van der Waals surface area contributed by atoms with E-state index in [0.717, 1.165) is 4.47 Å². The molecule has 0 radical (unpaired) electrons. The Labute approximate surface area is 231 Å². The zero-order chi connectivity index (χ0) is 28.5. The van der Waals surface area contributed by atoms with Gasteiger partial charge in [-0.05, 0) is 69.3 Å². The standard InChI is InChI=1S/C26H25BrF3N5O4/c1-25(2,3)39-24(37)34(15-26(28,29)30)22-31-13-16-14-33(18-9-11-20(38-4)12-10-18)23(36)35(21(16)32-22)19-7-5-17(27)6-8-19/h5-13H,14-15H2,1-4H3. The summed E-state index contributed by atoms with van der Waals surface area (Å²) >= 11 is 3.36. The molecule has 0 N–H and O–H groups in total. The molecular formula is C26H25BrF3N5O4. The number of fused-ring (bicyclic) bond motifs is 1. The van der Waals surface area contributed by atoms with Crippen molar-refractivity contribution in [3.63, 3.8) is 0 Å². The minimum absolute atomic E-state index is 0.0412. The van der Waals surface area contributed by atoms with Gasteiger partial charge in [-0.25, -0.2) is 24.4 Å². The van der Waals surface area contributed by atoms with Crippen LogP contribution in [0.15, 0.2) is 59.2 Å². The Morgan fingerprint density at radius 1 is 1.05 bits per heavy atom. The lowest BCUT2D eigenvalue weighted by Gasteiger charge is -2.36. The zero-order valence-corrected chi connectivity index (χ0v) is 23.1. The first-order valence-corrected chi connectivity index (χ1v) is 12.5. The third-order valence-corrected chi connectivity index (χ3v) is 5.98. The lowest BCUT2D eigenvalue weighted by atomic mass is 10.1. The summed E-state index contributed by atoms with van der Waals surface area (Å²) in [6.07, 6.45) is -4.72. The van der Waals surface area contributed by atoms with E-state index >= 15 is 0 Å². The van der Waals surface area contributed by atoms with Gasteiger partial charge in [0.05, 0.1) is 19.3 Å². The van der Waals surface area contributed by atoms with Crippen molar-refractivity contribution in [3.8, 4) is 5.75 Å². The van der Waals surface area contributed by atoms with Gasteiger partial charge in [-0.3, -0.25) is 4.90 Å². The number of carbonyl (C=O) groups excluding carboxylic acids is 2. The predicted octanol–water partition coefficient (Wildman–Crippen LogP) is 6.83. The number of nitrogens with zero attached hydrogens (tertiary/aromatic N) is 5. The van der Waals surface area contributed by atoms with Crippen LogP contribution in [0.3, 0.4) is 0 Å². The van der Waals surface area contributed by atoms with E-state index < -0.39 is 36.4 Å². The minimum atomic E-state index is -4.76. The summed E-state index contributed by atoms with van der Waals surface area (Å²) in [5.74, 6) is 0.106. The summed E-state index contributed by atoms with van der Waals surface area (Å²) in [5, 5.41) is 0. The van der Waals surface area contributed by atoms with Crippen molar-refractivity contribution < 1.29 is 32.2 Å². The number of ether oxygens (including phenoxy) is 2. The molecule has 0 aliphatic carbocycles. The maximum Gasteiger partial charge on any atom is 0.417 e. The van der Waals surface area contributed by atoms with Crippen LogP contribution in [0.4, 0.5) is 45.9 Å². The summed E-state index contributed by atoms with van der Waals surface area (Å²) in [7, 11) is 1.53. The van der Waals surface area contributed by atoms with Gasteiger partial charge in [0.1, 0.15) is 17.9 Å². The molecular weight excluding hydrogens is 583 g/mol. The fourth-order valence-corrected chi connectivity index (χ4v) is 4.04. The van der Waals surface area contributed by atoms with E-state index in [1.54, 1.807) is 48.5 Å². The fraction of sp³-hybridized carbons (Fsp3) is 0.308. The number of methoxy groups -OCH3 is 1. The molecule has 0 spiro atoms. The minimum Gasteiger partial charge on any atom is -0.497 e. The van der Waals surface area contributed by atoms with Crippen molar-refractivity contribution >= 4 is 51.2 Å². The molecule has 3 amide bonds. The summed E-state index contributed by atoms with van der Waals surface area (Å²) in [6, 6.07) is 13.1. The number of hydrogen-bond acceptors (Lipinski definition) is 6. The van der Waals surface area contributed by atoms with Crippen molar-refractivity contribution in [3.05, 3.63) is 64.8 Å². The second-order valence-corrected chi connectivity index (χ2v) is 10.5. The van der Waals surface area contributed by atoms with Gasteiger partial charge in [0.25, 0.3) is 0 Å². The van der Waals surface area contributed by atoms with Gasteiger partial charge < -0.3 is 9.47 Å². The van der Waals surface area contributed by atoms with Crippen molar-refractivity contribution in [1.29, 1.82) is 0 Å². The first-order valence-electron chi connectivity index (χ1n) is 11.7. The van der Waals surface area contributed by atoms with Gasteiger partial charge >= 0.3 is 18.3 Å². The maximum atomic E-state index is 13.8. The molecule has 2 heterocycles. The van der Waals surface area contributed by atoms with E-state index in [0.29, 0.717) is 27.6 Å². The van der Waals surface area contributed by atoms with E-state index in [4.69, 9.17) is 9.47 Å². The molecule has 0 atom stereocenters. The molecule has 1 aliphatic heterocycles. The summed E-state index contributed by atoms with van der Waals surface area (Å²) in [4.78, 5) is 38.0. The highest BCUT2D eigenvalue weighted by molar-refractivity contribution is 9.10. The fourth-order valence-electron chi connectivity index (χ4n) is 3.77. The predicted molar refractivity (Wildman–Crippen MR) is 143 cm³/mol. The van der Waals surface area contributed by atoms with Crippen LogP contribution in [0.25, 0.3) is 0 Å². The molecule has 3 aromatic rings. The number of alkyl halides is 3. The first-order chi connectivity index (χ1) is 18.3. The number of anilines is 4. The van der Waals surface area contributed by atoms with Crippen LogP contribution < -0.4 is 19.4 Å². The lowest BCUT2D eigenvalue weighted by Crippen LogP contribution is -2.46. The number of rotatable bonds is 5. The topological polar surface area (TPSA) is 88.1 Å². The number of benzene rings is 2. The van der Waals surface area contributed by atoms with E-state index in [9.17, 15) is 22.8 Å². The van der Waals surface area contributed by atoms with Gasteiger partial charge in [-0.2, -0.15) is 18.2 Å². The maximum absolute atomic E-state index is 13.8. The number of urea groups is 1. The van der Waals surface area contributed by atoms with Gasteiger partial charge in [-0.1, -0.05) is 15.9 Å². The van der Waals surface area contributed by atoms with Crippen LogP contribution in [0.5, 0.6) is 5.75 Å². The average molecular weight is 608 g/mol. The first kappa shape index (κ1) is 28.1. The highest BCUT2D eigenvalue weighted by Crippen LogP contribution is 2.37. The van der Waals surface area contributed by atoms with Gasteiger partial charge in [0.15, 0.2) is 5.82 Å². The van der Waals surface area contributed by atoms with Crippen LogP contribution >= 0.6 is 15.9 Å². The van der Waals surface area contributed by atoms with Crippen molar-refractivity contribution in [2.75, 3.05) is 28.4 Å². The molecule has 206 valence electrons. The molecule has 0 unspecified atom stereocenters. The van der Waals surface area contributed by atoms with Crippen LogP contribution in [-0.2, 0) is 11.3 Å². The van der Waals surface area contributed by atoms with Gasteiger partial charge in [0, 0.05) is 21.9 Å². The molecule has 0 fully saturated rings. The molecule has 0 bridgehead atoms. The third-order valence-electron chi connectivity index (χ3n) is 5.45. The van der Waals surface area contributed by atoms with Gasteiger partial charge in [0.2, 0.25) is 5.95 Å². The van der Waals surface area contributed by atoms with Crippen LogP contribution in [0, 0.1) is 0 Å². The molecule has 1 aromatic heterocycles. The molecule has 2 aromatic carbocycles. The summed E-state index contributed by atoms with van der Waals surface area (Å²) in [5.41, 5.74) is 0.359. The Kier molecular flexibility index (Phi) is 7.73. The summed E-state index contributed by atoms with van der Waals surface area (Å²) in [6.45, 7) is 2.97. The largest absolute Gasteiger partial charge is 0.497 e. The number of aromatic nitrogens is 2. The summed E-state index contributed by atoms with van der Waals surface area (Å²) < 4.78 is 51.5. The molecule has 0 saturated carbocycles. The Morgan fingerprint density at radius 2 is 1.67 bits per heavy atom. The van der Waals surface area contributed by atoms with Crippen molar-refractivity contribution in [2.24, 2.45) is 0 Å². The normalized spacial score (nSPS) is 13.7. The number of halogens is 4. The number of hydrogen-bond donors (Lipinski definition) is 0. The van der Waals surface area contributed by atoms with Crippen LogP contribution in [0.2, 0.25) is 0 Å². The third kappa shape index (κ3) is 6.59. The van der Waals surface area contributed by atoms with E-state index in [1.807, 2.05) is 0 Å². The molecule has 4 rings (SSSR count). The van der Waals surface area contributed by atoms with Gasteiger partial charge in [-0.15, -0.1) is 0 Å². The highest BCUT2D eigenvalue weighted by Gasteiger charge is 2.39. The van der Waals surface area contributed by atoms with Crippen molar-refractivity contribution in [1.82, 2.24) is 9.97 Å². The van der Waals surface area contributed by atoms with E-state index in [-0.39, 0.29) is 12.4 Å². The van der Waals surface area contributed by atoms with E-state index in [2.05, 4.69) is 25.9 Å². The Morgan fingerprint density at radius 3 is 2.23 bits per heavy atom. The number of carbonyl (C=O) groups is 2. The zero-order valence-electron chi connectivity index (χ0n) is 21.5. The van der Waals surface area contributed by atoms with E-state index in [1.165, 1.54) is 43.9 Å². The average Bonchev–Trinajstić information content (AvgIpc) is 2.86. The number of amides is 3. The second-order valence-electron chi connectivity index (χ2n) is 9.58. The SMILES string of the molecule is COc1ccc(N2Cc3cnc(N(CC(F)(F)F)C(=O)OC(C)(C)C)nc3N(c3ccc(Br)cc3)C2=O)cc1. The molecule has 13 heteroatoms. The molecule has 9 nitrogen and oxygen atoms in total. The molecule has 39 heavy (non-hydrogen) atoms. The van der Waals surface area contributed by atoms with Crippen molar-refractivity contribution in [2.45, 2.75) is 39.1 Å². The quantitative estimate of drug-likeness (QED) is 0.316. The highest BCUT2D eigenvalue weighted by atomic mass is 79.9. The Balaban J connectivity index is 1.82. The Bertz CT molecular complexity index is 1360. The monoisotopic (exact) mass is 607 g/mol. The Hall–Kier alpha value is -3.87. The lowest BCUT2D eigenvalue weighted by molar-refractivity contribution is -0.119.